The second-order valence-corrected chi connectivity index (χ2v) is 20.3. The Bertz CT molecular complexity index is 1780. The van der Waals surface area contributed by atoms with Crippen LogP contribution in [0.15, 0.2) is 97.1 Å². The fraction of sp³-hybridized carbons (Fsp3) is 0.409. The highest BCUT2D eigenvalue weighted by Crippen LogP contribution is 2.42. The van der Waals surface area contributed by atoms with Crippen molar-refractivity contribution in [2.24, 2.45) is 0 Å². The van der Waals surface area contributed by atoms with Gasteiger partial charge in [-0.1, -0.05) is 106 Å². The number of amides is 1. The van der Waals surface area contributed by atoms with Crippen LogP contribution in [-0.2, 0) is 36.5 Å². The second kappa shape index (κ2) is 16.3. The van der Waals surface area contributed by atoms with E-state index in [1.165, 1.54) is 10.4 Å². The highest BCUT2D eigenvalue weighted by Gasteiger charge is 2.50. The first-order valence-electron chi connectivity index (χ1n) is 18.4. The molecule has 4 aromatic rings. The third-order valence-electron chi connectivity index (χ3n) is 9.82. The predicted octanol–water partition coefficient (Wildman–Crippen LogP) is 7.39. The minimum Gasteiger partial charge on any atom is -0.496 e. The van der Waals surface area contributed by atoms with E-state index in [1.54, 1.807) is 21.1 Å². The molecule has 1 N–H and O–H groups in total. The van der Waals surface area contributed by atoms with E-state index in [0.29, 0.717) is 31.1 Å². The topological polar surface area (TPSA) is 92.3 Å². The summed E-state index contributed by atoms with van der Waals surface area (Å²) in [6.45, 7) is 14.9. The first-order valence-corrected chi connectivity index (χ1v) is 20.3. The molecule has 282 valence electrons. The number of hydrogen-bond donors (Lipinski definition) is 1. The summed E-state index contributed by atoms with van der Waals surface area (Å²) in [5, 5.41) is 5.18. The van der Waals surface area contributed by atoms with E-state index in [0.717, 1.165) is 28.7 Å². The van der Waals surface area contributed by atoms with Gasteiger partial charge in [0.15, 0.2) is 0 Å². The van der Waals surface area contributed by atoms with Gasteiger partial charge in [-0.25, -0.2) is 4.79 Å². The van der Waals surface area contributed by atoms with Gasteiger partial charge in [-0.2, -0.15) is 0 Å². The monoisotopic (exact) mass is 737 g/mol. The molecule has 1 fully saturated rings. The Balaban J connectivity index is 1.43. The lowest BCUT2D eigenvalue weighted by Crippen LogP contribution is -2.66. The van der Waals surface area contributed by atoms with Crippen molar-refractivity contribution in [1.82, 2.24) is 5.32 Å². The molecule has 1 aliphatic heterocycles. The maximum Gasteiger partial charge on any atom is 0.329 e. The average molecular weight is 738 g/mol. The SMILES string of the molecule is COc1cc(CO[Si](c2ccccc2)(c2ccccc2)C(C)(C)C)cc(OC)c1-c1ccc(C[C@H](NC(=O)C2(C)CCCO2)C(=O)OC(C)(C)C)cc1. The summed E-state index contributed by atoms with van der Waals surface area (Å²) in [4.78, 5) is 26.6. The highest BCUT2D eigenvalue weighted by molar-refractivity contribution is 6.99. The van der Waals surface area contributed by atoms with Gasteiger partial charge < -0.3 is 28.7 Å². The Kier molecular flexibility index (Phi) is 12.2. The molecule has 53 heavy (non-hydrogen) atoms. The maximum atomic E-state index is 13.3. The van der Waals surface area contributed by atoms with E-state index < -0.39 is 31.5 Å². The van der Waals surface area contributed by atoms with Gasteiger partial charge in [-0.15, -0.1) is 0 Å². The smallest absolute Gasteiger partial charge is 0.329 e. The fourth-order valence-electron chi connectivity index (χ4n) is 7.17. The largest absolute Gasteiger partial charge is 0.496 e. The van der Waals surface area contributed by atoms with Crippen LogP contribution in [0.2, 0.25) is 5.04 Å². The summed E-state index contributed by atoms with van der Waals surface area (Å²) in [5.41, 5.74) is 1.81. The van der Waals surface area contributed by atoms with E-state index in [9.17, 15) is 9.59 Å². The van der Waals surface area contributed by atoms with Crippen LogP contribution in [0, 0.1) is 0 Å². The number of nitrogens with one attached hydrogen (secondary N) is 1. The van der Waals surface area contributed by atoms with Crippen LogP contribution in [0.25, 0.3) is 11.1 Å². The summed E-state index contributed by atoms with van der Waals surface area (Å²) in [6, 6.07) is 32.2. The Hall–Kier alpha value is -4.44. The minimum atomic E-state index is -2.78. The molecule has 0 aliphatic carbocycles. The van der Waals surface area contributed by atoms with E-state index in [1.807, 2.05) is 69.3 Å². The molecule has 4 aromatic carbocycles. The number of carbonyl (C=O) groups excluding carboxylic acids is 2. The van der Waals surface area contributed by atoms with Gasteiger partial charge in [0.05, 0.1) is 26.4 Å². The predicted molar refractivity (Wildman–Crippen MR) is 212 cm³/mol. The number of benzene rings is 4. The summed E-state index contributed by atoms with van der Waals surface area (Å²) < 4.78 is 30.6. The number of carbonyl (C=O) groups is 2. The van der Waals surface area contributed by atoms with Gasteiger partial charge in [-0.05, 0) is 84.8 Å². The van der Waals surface area contributed by atoms with Crippen LogP contribution in [0.1, 0.15) is 72.4 Å². The van der Waals surface area contributed by atoms with E-state index in [2.05, 4.69) is 74.6 Å². The zero-order valence-electron chi connectivity index (χ0n) is 32.7. The van der Waals surface area contributed by atoms with Gasteiger partial charge in [-0.3, -0.25) is 4.79 Å². The van der Waals surface area contributed by atoms with E-state index >= 15 is 0 Å². The zero-order chi connectivity index (χ0) is 38.4. The van der Waals surface area contributed by atoms with Crippen LogP contribution in [0.5, 0.6) is 11.5 Å². The van der Waals surface area contributed by atoms with Crippen molar-refractivity contribution in [3.63, 3.8) is 0 Å². The number of esters is 1. The average Bonchev–Trinajstić information content (AvgIpc) is 3.58. The number of ether oxygens (including phenoxy) is 4. The summed E-state index contributed by atoms with van der Waals surface area (Å²) in [5.74, 6) is 0.510. The quantitative estimate of drug-likeness (QED) is 0.113. The zero-order valence-corrected chi connectivity index (χ0v) is 33.7. The van der Waals surface area contributed by atoms with Crippen LogP contribution in [0.3, 0.4) is 0 Å². The number of rotatable bonds is 13. The molecule has 9 heteroatoms. The van der Waals surface area contributed by atoms with Crippen molar-refractivity contribution >= 4 is 30.6 Å². The van der Waals surface area contributed by atoms with Gasteiger partial charge in [0.1, 0.15) is 28.7 Å². The van der Waals surface area contributed by atoms with Gasteiger partial charge in [0.25, 0.3) is 14.2 Å². The molecule has 1 aliphatic rings. The van der Waals surface area contributed by atoms with Crippen molar-refractivity contribution in [1.29, 1.82) is 0 Å². The molecule has 1 amide bonds. The third kappa shape index (κ3) is 9.03. The molecule has 1 saturated heterocycles. The summed E-state index contributed by atoms with van der Waals surface area (Å²) in [7, 11) is 0.533. The first-order chi connectivity index (χ1) is 25.1. The van der Waals surface area contributed by atoms with Crippen LogP contribution in [0.4, 0.5) is 0 Å². The lowest BCUT2D eigenvalue weighted by molar-refractivity contribution is -0.160. The maximum absolute atomic E-state index is 13.3. The lowest BCUT2D eigenvalue weighted by atomic mass is 9.97. The Morgan fingerprint density at radius 2 is 1.36 bits per heavy atom. The van der Waals surface area contributed by atoms with Crippen molar-refractivity contribution in [3.8, 4) is 22.6 Å². The van der Waals surface area contributed by atoms with Crippen molar-refractivity contribution in [2.75, 3.05) is 20.8 Å². The van der Waals surface area contributed by atoms with Gasteiger partial charge in [0, 0.05) is 13.0 Å². The van der Waals surface area contributed by atoms with Gasteiger partial charge >= 0.3 is 5.97 Å². The standard InChI is InChI=1S/C44H55NO7Si/c1-42(2,3)52-40(46)36(45-41(47)44(7)25-16-26-50-44)27-31-21-23-33(24-22-31)39-37(48-8)28-32(29-38(39)49-9)30-51-53(43(4,5)6,34-17-12-10-13-18-34)35-19-14-11-15-20-35/h10-15,17-24,28-29,36H,16,25-27,30H2,1-9H3,(H,45,47)/t36-,44?/m0/s1. The highest BCUT2D eigenvalue weighted by atomic mass is 28.4. The fourth-order valence-corrected chi connectivity index (χ4v) is 11.7. The molecule has 0 spiro atoms. The summed E-state index contributed by atoms with van der Waals surface area (Å²) >= 11 is 0. The molecule has 2 atom stereocenters. The molecule has 8 nitrogen and oxygen atoms in total. The van der Waals surface area contributed by atoms with E-state index in [-0.39, 0.29) is 17.4 Å². The normalized spacial score (nSPS) is 16.8. The molecule has 0 bridgehead atoms. The Morgan fingerprint density at radius 1 is 0.811 bits per heavy atom. The molecule has 0 saturated carbocycles. The molecule has 1 unspecified atom stereocenters. The summed E-state index contributed by atoms with van der Waals surface area (Å²) in [6.07, 6.45) is 1.65. The molecular formula is C44H55NO7Si. The minimum absolute atomic E-state index is 0.168. The molecule has 0 aromatic heterocycles. The second-order valence-electron chi connectivity index (χ2n) is 16.0. The molecular weight excluding hydrogens is 683 g/mol. The molecule has 5 rings (SSSR count). The van der Waals surface area contributed by atoms with Gasteiger partial charge in [0.2, 0.25) is 0 Å². The van der Waals surface area contributed by atoms with Crippen molar-refractivity contribution in [3.05, 3.63) is 108 Å². The Morgan fingerprint density at radius 3 is 1.81 bits per heavy atom. The number of methoxy groups -OCH3 is 2. The molecule has 0 radical (unpaired) electrons. The lowest BCUT2D eigenvalue weighted by Gasteiger charge is -2.43. The van der Waals surface area contributed by atoms with Crippen LogP contribution in [-0.4, -0.2) is 58.3 Å². The first kappa shape index (κ1) is 39.8. The Labute approximate surface area is 316 Å². The number of hydrogen-bond acceptors (Lipinski definition) is 7. The van der Waals surface area contributed by atoms with Crippen molar-refractivity contribution < 1.29 is 33.0 Å². The van der Waals surface area contributed by atoms with E-state index in [4.69, 9.17) is 23.4 Å². The third-order valence-corrected chi connectivity index (χ3v) is 14.8. The van der Waals surface area contributed by atoms with Crippen molar-refractivity contribution in [2.45, 2.75) is 96.6 Å². The molecule has 1 heterocycles. The van der Waals surface area contributed by atoms with Crippen LogP contribution < -0.4 is 25.2 Å². The van der Waals surface area contributed by atoms with Crippen LogP contribution >= 0.6 is 0 Å².